The van der Waals surface area contributed by atoms with Gasteiger partial charge < -0.3 is 15.7 Å². The molecule has 1 fully saturated rings. The van der Waals surface area contributed by atoms with Crippen molar-refractivity contribution in [3.8, 4) is 0 Å². The lowest BCUT2D eigenvalue weighted by atomic mass is 9.80. The van der Waals surface area contributed by atoms with Gasteiger partial charge in [-0.1, -0.05) is 27.7 Å². The van der Waals surface area contributed by atoms with E-state index in [9.17, 15) is 5.11 Å². The van der Waals surface area contributed by atoms with Crippen molar-refractivity contribution in [3.63, 3.8) is 0 Å². The molecule has 4 nitrogen and oxygen atoms in total. The second-order valence-electron chi connectivity index (χ2n) is 7.52. The Morgan fingerprint density at radius 3 is 2.33 bits per heavy atom. The van der Waals surface area contributed by atoms with Crippen molar-refractivity contribution in [2.45, 2.75) is 66.3 Å². The Kier molecular flexibility index (Phi) is 7.50. The molecule has 0 radical (unpaired) electrons. The second kappa shape index (κ2) is 8.62. The molecule has 0 bridgehead atoms. The van der Waals surface area contributed by atoms with Crippen LogP contribution in [0.2, 0.25) is 0 Å². The van der Waals surface area contributed by atoms with Crippen molar-refractivity contribution in [3.05, 3.63) is 0 Å². The first-order valence-electron chi connectivity index (χ1n) is 8.53. The van der Waals surface area contributed by atoms with Crippen LogP contribution in [-0.2, 0) is 0 Å². The fourth-order valence-electron chi connectivity index (χ4n) is 2.79. The Morgan fingerprint density at radius 2 is 1.86 bits per heavy atom. The zero-order valence-electron chi connectivity index (χ0n) is 14.6. The van der Waals surface area contributed by atoms with Gasteiger partial charge in [0.25, 0.3) is 0 Å². The number of guanidine groups is 1. The molecule has 1 aliphatic carbocycles. The maximum absolute atomic E-state index is 9.33. The highest BCUT2D eigenvalue weighted by Gasteiger charge is 2.24. The number of aliphatic imine (C=N–C) groups is 1. The fraction of sp³-hybridized carbons (Fsp3) is 0.941. The van der Waals surface area contributed by atoms with E-state index in [0.29, 0.717) is 12.6 Å². The van der Waals surface area contributed by atoms with E-state index in [1.807, 2.05) is 13.8 Å². The van der Waals surface area contributed by atoms with Crippen molar-refractivity contribution >= 4 is 5.96 Å². The Morgan fingerprint density at radius 1 is 1.24 bits per heavy atom. The van der Waals surface area contributed by atoms with Gasteiger partial charge in [0.05, 0.1) is 6.54 Å². The summed E-state index contributed by atoms with van der Waals surface area (Å²) in [4.78, 5) is 4.64. The van der Waals surface area contributed by atoms with E-state index in [-0.39, 0.29) is 12.0 Å². The fourth-order valence-corrected chi connectivity index (χ4v) is 2.79. The van der Waals surface area contributed by atoms with Crippen LogP contribution in [0.5, 0.6) is 0 Å². The molecule has 1 rings (SSSR count). The number of rotatable bonds is 6. The Labute approximate surface area is 130 Å². The molecule has 0 aliphatic heterocycles. The molecule has 0 aromatic heterocycles. The van der Waals surface area contributed by atoms with Crippen LogP contribution in [-0.4, -0.2) is 36.8 Å². The third kappa shape index (κ3) is 6.68. The molecule has 0 aromatic rings. The molecule has 0 aromatic carbocycles. The molecular formula is C17H35N3O. The van der Waals surface area contributed by atoms with Crippen molar-refractivity contribution in [2.75, 3.05) is 19.7 Å². The summed E-state index contributed by atoms with van der Waals surface area (Å²) in [6.07, 6.45) is 5.10. The highest BCUT2D eigenvalue weighted by molar-refractivity contribution is 5.80. The minimum atomic E-state index is -0.155. The van der Waals surface area contributed by atoms with Crippen LogP contribution in [0.25, 0.3) is 0 Å². The number of aliphatic hydroxyl groups excluding tert-OH is 1. The van der Waals surface area contributed by atoms with E-state index in [1.54, 1.807) is 0 Å². The van der Waals surface area contributed by atoms with Gasteiger partial charge in [0.15, 0.2) is 5.96 Å². The third-order valence-corrected chi connectivity index (χ3v) is 4.49. The topological polar surface area (TPSA) is 56.7 Å². The van der Waals surface area contributed by atoms with E-state index >= 15 is 0 Å². The summed E-state index contributed by atoms with van der Waals surface area (Å²) in [6.45, 7) is 12.5. The largest absolute Gasteiger partial charge is 0.396 e. The smallest absolute Gasteiger partial charge is 0.191 e. The van der Waals surface area contributed by atoms with E-state index in [2.05, 4.69) is 36.4 Å². The lowest BCUT2D eigenvalue weighted by Gasteiger charge is -2.32. The predicted octanol–water partition coefficient (Wildman–Crippen LogP) is 2.77. The average Bonchev–Trinajstić information content (AvgIpc) is 2.46. The summed E-state index contributed by atoms with van der Waals surface area (Å²) in [5.74, 6) is 2.58. The molecular weight excluding hydrogens is 262 g/mol. The maximum atomic E-state index is 9.33. The molecule has 1 aliphatic rings. The molecule has 124 valence electrons. The van der Waals surface area contributed by atoms with Crippen molar-refractivity contribution < 1.29 is 5.11 Å². The normalized spacial score (nSPS) is 24.2. The third-order valence-electron chi connectivity index (χ3n) is 4.49. The van der Waals surface area contributed by atoms with E-state index in [4.69, 9.17) is 0 Å². The van der Waals surface area contributed by atoms with Crippen molar-refractivity contribution in [2.24, 2.45) is 22.2 Å². The SMILES string of the molecule is CCNC(=NCC(C)(C)CO)NC1CCC(C(C)C)CC1. The van der Waals surface area contributed by atoms with Crippen LogP contribution >= 0.6 is 0 Å². The second-order valence-corrected chi connectivity index (χ2v) is 7.52. The van der Waals surface area contributed by atoms with Crippen molar-refractivity contribution in [1.82, 2.24) is 10.6 Å². The molecule has 3 N–H and O–H groups in total. The molecule has 0 unspecified atom stereocenters. The Bertz CT molecular complexity index is 318. The minimum absolute atomic E-state index is 0.155. The summed E-state index contributed by atoms with van der Waals surface area (Å²) in [5, 5.41) is 16.2. The Hall–Kier alpha value is -0.770. The van der Waals surface area contributed by atoms with Crippen LogP contribution in [0, 0.1) is 17.3 Å². The quantitative estimate of drug-likeness (QED) is 0.522. The van der Waals surface area contributed by atoms with Gasteiger partial charge >= 0.3 is 0 Å². The molecule has 0 heterocycles. The number of hydrogen-bond donors (Lipinski definition) is 3. The number of aliphatic hydroxyl groups is 1. The number of nitrogens with one attached hydrogen (secondary N) is 2. The Balaban J connectivity index is 2.50. The lowest BCUT2D eigenvalue weighted by molar-refractivity contribution is 0.167. The number of nitrogens with zero attached hydrogens (tertiary/aromatic N) is 1. The molecule has 0 amide bonds. The van der Waals surface area contributed by atoms with Crippen LogP contribution in [0.15, 0.2) is 4.99 Å². The summed E-state index contributed by atoms with van der Waals surface area (Å²) in [6, 6.07) is 0.537. The van der Waals surface area contributed by atoms with E-state index < -0.39 is 0 Å². The average molecular weight is 297 g/mol. The summed E-state index contributed by atoms with van der Waals surface area (Å²) in [5.41, 5.74) is -0.155. The zero-order chi connectivity index (χ0) is 15.9. The monoisotopic (exact) mass is 297 g/mol. The first-order chi connectivity index (χ1) is 9.88. The van der Waals surface area contributed by atoms with Gasteiger partial charge in [0, 0.05) is 24.6 Å². The van der Waals surface area contributed by atoms with Gasteiger partial charge in [-0.25, -0.2) is 0 Å². The number of hydrogen-bond acceptors (Lipinski definition) is 2. The van der Waals surface area contributed by atoms with Crippen LogP contribution in [0.1, 0.15) is 60.3 Å². The van der Waals surface area contributed by atoms with Crippen LogP contribution in [0.4, 0.5) is 0 Å². The first kappa shape index (κ1) is 18.3. The van der Waals surface area contributed by atoms with Gasteiger partial charge in [-0.15, -0.1) is 0 Å². The van der Waals surface area contributed by atoms with Gasteiger partial charge in [0.2, 0.25) is 0 Å². The molecule has 1 saturated carbocycles. The van der Waals surface area contributed by atoms with Gasteiger partial charge in [-0.05, 0) is 44.4 Å². The highest BCUT2D eigenvalue weighted by atomic mass is 16.3. The predicted molar refractivity (Wildman–Crippen MR) is 90.6 cm³/mol. The molecule has 0 atom stereocenters. The van der Waals surface area contributed by atoms with Crippen LogP contribution in [0.3, 0.4) is 0 Å². The summed E-state index contributed by atoms with van der Waals surface area (Å²) in [7, 11) is 0. The van der Waals surface area contributed by atoms with E-state index in [1.165, 1.54) is 25.7 Å². The van der Waals surface area contributed by atoms with Crippen molar-refractivity contribution in [1.29, 1.82) is 0 Å². The standard InChI is InChI=1S/C17H35N3O/c1-6-18-16(19-11-17(4,5)12-21)20-15-9-7-14(8-10-15)13(2)3/h13-15,21H,6-12H2,1-5H3,(H2,18,19,20). The van der Waals surface area contributed by atoms with E-state index in [0.717, 1.165) is 24.3 Å². The van der Waals surface area contributed by atoms with Gasteiger partial charge in [0.1, 0.15) is 0 Å². The molecule has 0 saturated heterocycles. The zero-order valence-corrected chi connectivity index (χ0v) is 14.6. The van der Waals surface area contributed by atoms with Gasteiger partial charge in [-0.2, -0.15) is 0 Å². The van der Waals surface area contributed by atoms with Gasteiger partial charge in [-0.3, -0.25) is 4.99 Å². The molecule has 4 heteroatoms. The summed E-state index contributed by atoms with van der Waals surface area (Å²) < 4.78 is 0. The van der Waals surface area contributed by atoms with Crippen LogP contribution < -0.4 is 10.6 Å². The summed E-state index contributed by atoms with van der Waals surface area (Å²) >= 11 is 0. The highest BCUT2D eigenvalue weighted by Crippen LogP contribution is 2.29. The minimum Gasteiger partial charge on any atom is -0.396 e. The maximum Gasteiger partial charge on any atom is 0.191 e. The lowest BCUT2D eigenvalue weighted by Crippen LogP contribution is -2.45. The first-order valence-corrected chi connectivity index (χ1v) is 8.53. The molecule has 21 heavy (non-hydrogen) atoms. The molecule has 0 spiro atoms.